The van der Waals surface area contributed by atoms with Gasteiger partial charge >= 0.3 is 0 Å². The summed E-state index contributed by atoms with van der Waals surface area (Å²) in [5, 5.41) is 0. The third-order valence-corrected chi connectivity index (χ3v) is 5.09. The largest absolute Gasteiger partial charge is 0.273 e. The lowest BCUT2D eigenvalue weighted by atomic mass is 10.2. The predicted molar refractivity (Wildman–Crippen MR) is 99.9 cm³/mol. The smallest absolute Gasteiger partial charge is 0.268 e. The number of amides is 2. The fourth-order valence-corrected chi connectivity index (χ4v) is 3.59. The zero-order chi connectivity index (χ0) is 17.3. The molecule has 3 rings (SSSR count). The standard InChI is InChI=1S/C17H9BrFNO2S2/c18-12-5-1-10(2-6-12)9-14-16(22)20(17(23)24-14)15(21)11-3-7-13(19)8-4-11/h1-9H/b14-9-. The molecule has 0 unspecified atom stereocenters. The van der Waals surface area contributed by atoms with Gasteiger partial charge in [0.2, 0.25) is 0 Å². The van der Waals surface area contributed by atoms with E-state index in [1.807, 2.05) is 24.3 Å². The van der Waals surface area contributed by atoms with Crippen LogP contribution in [0.3, 0.4) is 0 Å². The van der Waals surface area contributed by atoms with Crippen LogP contribution in [-0.2, 0) is 4.79 Å². The molecule has 1 saturated heterocycles. The van der Waals surface area contributed by atoms with Crippen LogP contribution in [0, 0.1) is 5.82 Å². The van der Waals surface area contributed by atoms with Gasteiger partial charge in [0.15, 0.2) is 4.32 Å². The molecule has 3 nitrogen and oxygen atoms in total. The molecule has 0 N–H and O–H groups in total. The number of imide groups is 1. The maximum absolute atomic E-state index is 13.0. The number of rotatable bonds is 2. The van der Waals surface area contributed by atoms with Gasteiger partial charge in [-0.25, -0.2) is 9.29 Å². The maximum Gasteiger partial charge on any atom is 0.273 e. The number of benzene rings is 2. The molecule has 0 spiro atoms. The minimum Gasteiger partial charge on any atom is -0.268 e. The number of nitrogens with zero attached hydrogens (tertiary/aromatic N) is 1. The molecule has 2 amide bonds. The van der Waals surface area contributed by atoms with Gasteiger partial charge in [0.25, 0.3) is 11.8 Å². The van der Waals surface area contributed by atoms with Gasteiger partial charge in [-0.3, -0.25) is 9.59 Å². The van der Waals surface area contributed by atoms with E-state index in [-0.39, 0.29) is 9.88 Å². The number of hydrogen-bond donors (Lipinski definition) is 0. The van der Waals surface area contributed by atoms with Gasteiger partial charge in [-0.1, -0.05) is 52.0 Å². The van der Waals surface area contributed by atoms with Crippen LogP contribution in [0.15, 0.2) is 57.9 Å². The molecule has 1 aliphatic heterocycles. The molecule has 120 valence electrons. The molecule has 1 heterocycles. The molecule has 7 heteroatoms. The summed E-state index contributed by atoms with van der Waals surface area (Å²) in [7, 11) is 0. The van der Waals surface area contributed by atoms with Gasteiger partial charge < -0.3 is 0 Å². The first kappa shape index (κ1) is 17.0. The van der Waals surface area contributed by atoms with E-state index in [4.69, 9.17) is 12.2 Å². The highest BCUT2D eigenvalue weighted by Crippen LogP contribution is 2.33. The molecule has 2 aromatic carbocycles. The van der Waals surface area contributed by atoms with Crippen molar-refractivity contribution in [3.05, 3.63) is 74.9 Å². The van der Waals surface area contributed by atoms with E-state index in [1.54, 1.807) is 6.08 Å². The van der Waals surface area contributed by atoms with E-state index in [0.717, 1.165) is 26.7 Å². The number of carbonyl (C=O) groups is 2. The summed E-state index contributed by atoms with van der Waals surface area (Å²) in [6.07, 6.45) is 1.68. The van der Waals surface area contributed by atoms with Crippen LogP contribution in [0.1, 0.15) is 15.9 Å². The van der Waals surface area contributed by atoms with Gasteiger partial charge in [-0.15, -0.1) is 0 Å². The Balaban J connectivity index is 1.87. The summed E-state index contributed by atoms with van der Waals surface area (Å²) in [4.78, 5) is 26.3. The quantitative estimate of drug-likeness (QED) is 0.402. The number of thioether (sulfide) groups is 1. The zero-order valence-electron chi connectivity index (χ0n) is 12.0. The Kier molecular flexibility index (Phi) is 4.93. The third kappa shape index (κ3) is 3.48. The van der Waals surface area contributed by atoms with Crippen LogP contribution < -0.4 is 0 Å². The Bertz CT molecular complexity index is 863. The van der Waals surface area contributed by atoms with Crippen molar-refractivity contribution in [2.45, 2.75) is 0 Å². The van der Waals surface area contributed by atoms with Crippen molar-refractivity contribution in [1.82, 2.24) is 4.90 Å². The molecular weight excluding hydrogens is 413 g/mol. The van der Waals surface area contributed by atoms with Crippen LogP contribution in [0.25, 0.3) is 6.08 Å². The van der Waals surface area contributed by atoms with Crippen molar-refractivity contribution in [3.63, 3.8) is 0 Å². The zero-order valence-corrected chi connectivity index (χ0v) is 15.3. The van der Waals surface area contributed by atoms with E-state index < -0.39 is 17.6 Å². The average molecular weight is 422 g/mol. The Morgan fingerprint density at radius 2 is 1.75 bits per heavy atom. The molecule has 0 atom stereocenters. The second-order valence-electron chi connectivity index (χ2n) is 4.88. The fraction of sp³-hybridized carbons (Fsp3) is 0. The first-order chi connectivity index (χ1) is 11.5. The normalized spacial score (nSPS) is 16.1. The van der Waals surface area contributed by atoms with E-state index in [0.29, 0.717) is 4.91 Å². The van der Waals surface area contributed by atoms with Crippen molar-refractivity contribution in [3.8, 4) is 0 Å². The number of carbonyl (C=O) groups excluding carboxylic acids is 2. The lowest BCUT2D eigenvalue weighted by molar-refractivity contribution is -0.120. The topological polar surface area (TPSA) is 37.4 Å². The summed E-state index contributed by atoms with van der Waals surface area (Å²) in [6, 6.07) is 12.4. The van der Waals surface area contributed by atoms with Crippen molar-refractivity contribution in [2.75, 3.05) is 0 Å². The second-order valence-corrected chi connectivity index (χ2v) is 7.47. The van der Waals surface area contributed by atoms with E-state index in [1.165, 1.54) is 24.3 Å². The van der Waals surface area contributed by atoms with Crippen LogP contribution in [0.4, 0.5) is 4.39 Å². The predicted octanol–water partition coefficient (Wildman–Crippen LogP) is 4.63. The van der Waals surface area contributed by atoms with Crippen molar-refractivity contribution >= 4 is 62.1 Å². The first-order valence-corrected chi connectivity index (χ1v) is 8.81. The molecule has 0 radical (unpaired) electrons. The Labute approximate surface area is 155 Å². The average Bonchev–Trinajstić information content (AvgIpc) is 2.83. The summed E-state index contributed by atoms with van der Waals surface area (Å²) in [5.41, 5.74) is 1.03. The summed E-state index contributed by atoms with van der Waals surface area (Å²) in [6.45, 7) is 0. The SMILES string of the molecule is O=C1/C(=C/c2ccc(Br)cc2)SC(=S)N1C(=O)c1ccc(F)cc1. The van der Waals surface area contributed by atoms with Gasteiger partial charge in [0.05, 0.1) is 4.91 Å². The molecule has 1 fully saturated rings. The Morgan fingerprint density at radius 3 is 2.38 bits per heavy atom. The van der Waals surface area contributed by atoms with Crippen LogP contribution in [0.5, 0.6) is 0 Å². The highest BCUT2D eigenvalue weighted by Gasteiger charge is 2.37. The molecule has 2 aromatic rings. The van der Waals surface area contributed by atoms with Crippen molar-refractivity contribution in [1.29, 1.82) is 0 Å². The van der Waals surface area contributed by atoms with Crippen LogP contribution in [0.2, 0.25) is 0 Å². The highest BCUT2D eigenvalue weighted by molar-refractivity contribution is 9.10. The molecule has 0 aromatic heterocycles. The van der Waals surface area contributed by atoms with Crippen molar-refractivity contribution < 1.29 is 14.0 Å². The lowest BCUT2D eigenvalue weighted by Crippen LogP contribution is -2.34. The molecule has 24 heavy (non-hydrogen) atoms. The second kappa shape index (κ2) is 6.96. The molecule has 0 saturated carbocycles. The molecule has 0 aliphatic carbocycles. The number of halogens is 2. The number of thiocarbonyl (C=S) groups is 1. The lowest BCUT2D eigenvalue weighted by Gasteiger charge is -2.12. The Hall–Kier alpha value is -1.83. The minimum absolute atomic E-state index is 0.165. The molecule has 0 bridgehead atoms. The fourth-order valence-electron chi connectivity index (χ4n) is 2.07. The highest BCUT2D eigenvalue weighted by atomic mass is 79.9. The van der Waals surface area contributed by atoms with Gasteiger partial charge in [-0.2, -0.15) is 0 Å². The first-order valence-electron chi connectivity index (χ1n) is 6.79. The monoisotopic (exact) mass is 421 g/mol. The molecule has 1 aliphatic rings. The van der Waals surface area contributed by atoms with Gasteiger partial charge in [0, 0.05) is 10.0 Å². The minimum atomic E-state index is -0.559. The van der Waals surface area contributed by atoms with Crippen LogP contribution >= 0.6 is 39.9 Å². The number of hydrogen-bond acceptors (Lipinski definition) is 4. The van der Waals surface area contributed by atoms with E-state index in [9.17, 15) is 14.0 Å². The maximum atomic E-state index is 13.0. The molecular formula is C17H9BrFNO2S2. The van der Waals surface area contributed by atoms with E-state index in [2.05, 4.69) is 15.9 Å². The Morgan fingerprint density at radius 1 is 1.12 bits per heavy atom. The van der Waals surface area contributed by atoms with Gasteiger partial charge in [0.1, 0.15) is 5.82 Å². The van der Waals surface area contributed by atoms with E-state index >= 15 is 0 Å². The van der Waals surface area contributed by atoms with Gasteiger partial charge in [-0.05, 0) is 48.0 Å². The summed E-state index contributed by atoms with van der Waals surface area (Å²) >= 11 is 9.57. The van der Waals surface area contributed by atoms with Crippen molar-refractivity contribution in [2.24, 2.45) is 0 Å². The summed E-state index contributed by atoms with van der Waals surface area (Å²) < 4.78 is 14.1. The van der Waals surface area contributed by atoms with Crippen LogP contribution in [-0.4, -0.2) is 21.0 Å². The summed E-state index contributed by atoms with van der Waals surface area (Å²) in [5.74, 6) is -1.48. The third-order valence-electron chi connectivity index (χ3n) is 3.26.